The summed E-state index contributed by atoms with van der Waals surface area (Å²) in [5.74, 6) is -0.149. The lowest BCUT2D eigenvalue weighted by atomic mass is 10.0. The first-order chi connectivity index (χ1) is 8.74. The number of carbonyl (C=O) groups excluding carboxylic acids is 1. The maximum atomic E-state index is 11.9. The molecule has 1 fully saturated rings. The molecule has 0 radical (unpaired) electrons. The van der Waals surface area contributed by atoms with Crippen LogP contribution in [-0.4, -0.2) is 48.3 Å². The average Bonchev–Trinajstić information content (AvgIpc) is 2.64. The number of rotatable bonds is 6. The Morgan fingerprint density at radius 3 is 2.83 bits per heavy atom. The van der Waals surface area contributed by atoms with Crippen molar-refractivity contribution in [3.63, 3.8) is 0 Å². The Hall–Kier alpha value is -0.610. The van der Waals surface area contributed by atoms with Crippen molar-refractivity contribution in [2.45, 2.75) is 64.0 Å². The maximum absolute atomic E-state index is 11.9. The van der Waals surface area contributed by atoms with E-state index in [1.807, 2.05) is 0 Å². The molecule has 1 aliphatic heterocycles. The summed E-state index contributed by atoms with van der Waals surface area (Å²) in [5, 5.41) is 9.52. The van der Waals surface area contributed by atoms with E-state index < -0.39 is 0 Å². The van der Waals surface area contributed by atoms with Crippen molar-refractivity contribution in [3.8, 4) is 0 Å². The molecule has 0 aliphatic carbocycles. The first-order valence-electron chi connectivity index (χ1n) is 7.19. The van der Waals surface area contributed by atoms with Gasteiger partial charge >= 0.3 is 5.97 Å². The third-order valence-corrected chi connectivity index (χ3v) is 3.84. The van der Waals surface area contributed by atoms with Crippen LogP contribution in [0.1, 0.15) is 51.9 Å². The van der Waals surface area contributed by atoms with Crippen molar-refractivity contribution in [1.82, 2.24) is 4.90 Å². The second-order valence-electron chi connectivity index (χ2n) is 5.10. The number of methoxy groups -OCH3 is 1. The molecule has 0 aromatic heterocycles. The first kappa shape index (κ1) is 15.4. The van der Waals surface area contributed by atoms with Crippen LogP contribution in [-0.2, 0) is 9.53 Å². The molecule has 0 aromatic rings. The number of nitrogens with zero attached hydrogens (tertiary/aromatic N) is 1. The number of carbonyl (C=O) groups is 1. The van der Waals surface area contributed by atoms with Crippen molar-refractivity contribution >= 4 is 5.97 Å². The minimum Gasteiger partial charge on any atom is -0.468 e. The summed E-state index contributed by atoms with van der Waals surface area (Å²) in [5.41, 5.74) is 0. The number of ether oxygens (including phenoxy) is 1. The summed E-state index contributed by atoms with van der Waals surface area (Å²) in [6, 6.07) is -0.0568. The van der Waals surface area contributed by atoms with Gasteiger partial charge in [-0.3, -0.25) is 9.69 Å². The van der Waals surface area contributed by atoms with Crippen LogP contribution >= 0.6 is 0 Å². The third-order valence-electron chi connectivity index (χ3n) is 3.84. The van der Waals surface area contributed by atoms with E-state index in [-0.39, 0.29) is 24.7 Å². The van der Waals surface area contributed by atoms with Crippen LogP contribution in [0.25, 0.3) is 0 Å². The second-order valence-corrected chi connectivity index (χ2v) is 5.10. The predicted molar refractivity (Wildman–Crippen MR) is 71.4 cm³/mol. The second kappa shape index (κ2) is 8.48. The summed E-state index contributed by atoms with van der Waals surface area (Å²) in [7, 11) is 1.45. The highest BCUT2D eigenvalue weighted by atomic mass is 16.5. The summed E-state index contributed by atoms with van der Waals surface area (Å²) in [4.78, 5) is 14.1. The topological polar surface area (TPSA) is 49.8 Å². The van der Waals surface area contributed by atoms with E-state index >= 15 is 0 Å². The molecule has 1 N–H and O–H groups in total. The molecule has 0 aromatic carbocycles. The van der Waals surface area contributed by atoms with Gasteiger partial charge in [0, 0.05) is 6.04 Å². The van der Waals surface area contributed by atoms with Gasteiger partial charge in [0.15, 0.2) is 0 Å². The molecule has 2 unspecified atom stereocenters. The Labute approximate surface area is 110 Å². The fourth-order valence-corrected chi connectivity index (χ4v) is 2.76. The van der Waals surface area contributed by atoms with Gasteiger partial charge in [0.2, 0.25) is 0 Å². The Morgan fingerprint density at radius 1 is 1.44 bits per heavy atom. The highest BCUT2D eigenvalue weighted by Gasteiger charge is 2.32. The Morgan fingerprint density at radius 2 is 2.22 bits per heavy atom. The average molecular weight is 257 g/mol. The predicted octanol–water partition coefficient (Wildman–Crippen LogP) is 1.96. The molecular weight excluding hydrogens is 230 g/mol. The van der Waals surface area contributed by atoms with Crippen LogP contribution in [0, 0.1) is 0 Å². The molecule has 1 saturated heterocycles. The number of hydrogen-bond acceptors (Lipinski definition) is 4. The number of likely N-dealkylation sites (tertiary alicyclic amines) is 1. The fourth-order valence-electron chi connectivity index (χ4n) is 2.76. The molecule has 4 nitrogen and oxygen atoms in total. The van der Waals surface area contributed by atoms with Crippen LogP contribution in [0.2, 0.25) is 0 Å². The number of aliphatic hydroxyl groups is 1. The van der Waals surface area contributed by atoms with Crippen LogP contribution in [0.3, 0.4) is 0 Å². The molecule has 1 heterocycles. The zero-order valence-corrected chi connectivity index (χ0v) is 11.7. The smallest absolute Gasteiger partial charge is 0.323 e. The summed E-state index contributed by atoms with van der Waals surface area (Å²) in [6.07, 6.45) is 7.35. The van der Waals surface area contributed by atoms with Gasteiger partial charge in [-0.1, -0.05) is 32.6 Å². The van der Waals surface area contributed by atoms with Crippen molar-refractivity contribution in [2.75, 3.05) is 20.3 Å². The molecule has 0 amide bonds. The molecule has 1 rings (SSSR count). The number of hydrogen-bond donors (Lipinski definition) is 1. The molecule has 2 atom stereocenters. The zero-order chi connectivity index (χ0) is 13.4. The van der Waals surface area contributed by atoms with Gasteiger partial charge in [-0.05, 0) is 25.8 Å². The number of unbranched alkanes of at least 4 members (excludes halogenated alkanes) is 1. The normalized spacial score (nSPS) is 23.4. The molecule has 0 bridgehead atoms. The van der Waals surface area contributed by atoms with E-state index in [0.29, 0.717) is 0 Å². The summed E-state index contributed by atoms with van der Waals surface area (Å²) < 4.78 is 4.93. The van der Waals surface area contributed by atoms with E-state index in [2.05, 4.69) is 11.8 Å². The van der Waals surface area contributed by atoms with Gasteiger partial charge in [0.25, 0.3) is 0 Å². The highest BCUT2D eigenvalue weighted by Crippen LogP contribution is 2.22. The van der Waals surface area contributed by atoms with Gasteiger partial charge in [-0.2, -0.15) is 0 Å². The van der Waals surface area contributed by atoms with Crippen LogP contribution in [0.5, 0.6) is 0 Å². The molecule has 18 heavy (non-hydrogen) atoms. The highest BCUT2D eigenvalue weighted by molar-refractivity contribution is 5.75. The Kier molecular flexibility index (Phi) is 7.28. The van der Waals surface area contributed by atoms with Gasteiger partial charge in [0.1, 0.15) is 6.04 Å². The van der Waals surface area contributed by atoms with E-state index in [1.54, 1.807) is 0 Å². The Bertz CT molecular complexity index is 245. The molecule has 106 valence electrons. The fraction of sp³-hybridized carbons (Fsp3) is 0.929. The number of aliphatic hydroxyl groups excluding tert-OH is 1. The lowest BCUT2D eigenvalue weighted by Crippen LogP contribution is -2.49. The summed E-state index contributed by atoms with van der Waals surface area (Å²) >= 11 is 0. The van der Waals surface area contributed by atoms with Gasteiger partial charge < -0.3 is 9.84 Å². The quantitative estimate of drug-likeness (QED) is 0.739. The van der Waals surface area contributed by atoms with E-state index in [9.17, 15) is 9.90 Å². The number of esters is 1. The lowest BCUT2D eigenvalue weighted by molar-refractivity contribution is -0.148. The molecule has 4 heteroatoms. The minimum absolute atomic E-state index is 0.119. The lowest BCUT2D eigenvalue weighted by Gasteiger charge is -2.34. The van der Waals surface area contributed by atoms with Gasteiger partial charge in [-0.15, -0.1) is 0 Å². The molecule has 0 spiro atoms. The summed E-state index contributed by atoms with van der Waals surface area (Å²) in [6.45, 7) is 3.16. The molecular formula is C14H27NO3. The zero-order valence-electron chi connectivity index (χ0n) is 11.7. The van der Waals surface area contributed by atoms with Crippen LogP contribution in [0.15, 0.2) is 0 Å². The van der Waals surface area contributed by atoms with Crippen molar-refractivity contribution in [1.29, 1.82) is 0 Å². The SMILES string of the molecule is CCCCC(C(=O)OC)N1CCCCCC1CO. The van der Waals surface area contributed by atoms with Crippen molar-refractivity contribution < 1.29 is 14.6 Å². The van der Waals surface area contributed by atoms with E-state index in [1.165, 1.54) is 13.5 Å². The molecule has 0 saturated carbocycles. The largest absolute Gasteiger partial charge is 0.468 e. The minimum atomic E-state index is -0.176. The van der Waals surface area contributed by atoms with Gasteiger partial charge in [0.05, 0.1) is 13.7 Å². The first-order valence-corrected chi connectivity index (χ1v) is 7.19. The van der Waals surface area contributed by atoms with Gasteiger partial charge in [-0.25, -0.2) is 0 Å². The van der Waals surface area contributed by atoms with E-state index in [4.69, 9.17) is 4.74 Å². The standard InChI is InChI=1S/C14H27NO3/c1-3-4-9-13(14(17)18-2)15-10-7-5-6-8-12(15)11-16/h12-13,16H,3-11H2,1-2H3. The molecule has 1 aliphatic rings. The van der Waals surface area contributed by atoms with Crippen molar-refractivity contribution in [3.05, 3.63) is 0 Å². The van der Waals surface area contributed by atoms with Crippen LogP contribution < -0.4 is 0 Å². The Balaban J connectivity index is 2.74. The third kappa shape index (κ3) is 4.25. The maximum Gasteiger partial charge on any atom is 0.323 e. The van der Waals surface area contributed by atoms with E-state index in [0.717, 1.165) is 45.1 Å². The van der Waals surface area contributed by atoms with Crippen LogP contribution in [0.4, 0.5) is 0 Å². The van der Waals surface area contributed by atoms with Crippen molar-refractivity contribution in [2.24, 2.45) is 0 Å². The monoisotopic (exact) mass is 257 g/mol.